The monoisotopic (exact) mass is 395 g/mol. The molecule has 1 heterocycles. The molecule has 1 saturated heterocycles. The summed E-state index contributed by atoms with van der Waals surface area (Å²) in [5.41, 5.74) is 9.11. The number of anilines is 1. The molecule has 0 radical (unpaired) electrons. The molecule has 0 spiro atoms. The largest absolute Gasteiger partial charge is 0.399 e. The Morgan fingerprint density at radius 1 is 0.885 bits per heavy atom. The summed E-state index contributed by atoms with van der Waals surface area (Å²) >= 11 is 0. The lowest BCUT2D eigenvalue weighted by Gasteiger charge is -2.34. The van der Waals surface area contributed by atoms with Crippen LogP contribution >= 0.6 is 24.8 Å². The normalized spacial score (nSPS) is 14.2. The molecule has 1 fully saturated rings. The van der Waals surface area contributed by atoms with E-state index in [2.05, 4.69) is 29.2 Å². The highest BCUT2D eigenvalue weighted by Gasteiger charge is 2.20. The van der Waals surface area contributed by atoms with Gasteiger partial charge >= 0.3 is 0 Å². The van der Waals surface area contributed by atoms with Crippen LogP contribution in [0.15, 0.2) is 54.6 Å². The molecule has 3 rings (SSSR count). The van der Waals surface area contributed by atoms with Crippen molar-refractivity contribution in [1.82, 2.24) is 9.80 Å². The van der Waals surface area contributed by atoms with E-state index >= 15 is 0 Å². The third-order valence-electron chi connectivity index (χ3n) is 4.64. The standard InChI is InChI=1S/C20H25N3O.2ClH/c21-19-9-5-4-8-18(19)10-11-20(24)23-14-12-22(13-15-23)16-17-6-2-1-3-7-17;;/h1-9H,10-16,21H2;2*1H. The first-order valence-corrected chi connectivity index (χ1v) is 8.60. The number of nitrogens with two attached hydrogens (primary N) is 1. The van der Waals surface area contributed by atoms with E-state index in [0.29, 0.717) is 6.42 Å². The van der Waals surface area contributed by atoms with Crippen molar-refractivity contribution in [2.45, 2.75) is 19.4 Å². The fraction of sp³-hybridized carbons (Fsp3) is 0.350. The maximum absolute atomic E-state index is 12.4. The lowest BCUT2D eigenvalue weighted by atomic mass is 10.1. The predicted octanol–water partition coefficient (Wildman–Crippen LogP) is 3.39. The third-order valence-corrected chi connectivity index (χ3v) is 4.64. The highest BCUT2D eigenvalue weighted by molar-refractivity contribution is 5.85. The number of rotatable bonds is 5. The van der Waals surface area contributed by atoms with Crippen LogP contribution in [0.25, 0.3) is 0 Å². The summed E-state index contributed by atoms with van der Waals surface area (Å²) in [5.74, 6) is 0.234. The summed E-state index contributed by atoms with van der Waals surface area (Å²) in [4.78, 5) is 16.8. The van der Waals surface area contributed by atoms with E-state index in [1.807, 2.05) is 35.2 Å². The van der Waals surface area contributed by atoms with Crippen LogP contribution < -0.4 is 5.73 Å². The number of piperazine rings is 1. The molecule has 0 bridgehead atoms. The van der Waals surface area contributed by atoms with Gasteiger partial charge in [-0.05, 0) is 23.6 Å². The van der Waals surface area contributed by atoms with Gasteiger partial charge in [0.15, 0.2) is 0 Å². The Bertz CT molecular complexity index is 674. The lowest BCUT2D eigenvalue weighted by Crippen LogP contribution is -2.48. The fourth-order valence-corrected chi connectivity index (χ4v) is 3.16. The van der Waals surface area contributed by atoms with E-state index in [1.165, 1.54) is 5.56 Å². The Balaban J connectivity index is 0.00000169. The summed E-state index contributed by atoms with van der Waals surface area (Å²) in [6.07, 6.45) is 1.25. The first kappa shape index (κ1) is 22.3. The molecular formula is C20H27Cl2N3O. The van der Waals surface area contributed by atoms with Crippen molar-refractivity contribution in [2.24, 2.45) is 0 Å². The number of carbonyl (C=O) groups excluding carboxylic acids is 1. The first-order valence-electron chi connectivity index (χ1n) is 8.60. The second-order valence-electron chi connectivity index (χ2n) is 6.34. The van der Waals surface area contributed by atoms with Crippen LogP contribution in [0, 0.1) is 0 Å². The number of nitrogens with zero attached hydrogens (tertiary/aromatic N) is 2. The van der Waals surface area contributed by atoms with E-state index in [1.54, 1.807) is 0 Å². The molecular weight excluding hydrogens is 369 g/mol. The Kier molecular flexibility index (Phi) is 9.49. The number of carbonyl (C=O) groups is 1. The summed E-state index contributed by atoms with van der Waals surface area (Å²) in [7, 11) is 0. The van der Waals surface area contributed by atoms with Gasteiger partial charge in [-0.3, -0.25) is 9.69 Å². The molecule has 2 N–H and O–H groups in total. The Morgan fingerprint density at radius 3 is 2.15 bits per heavy atom. The lowest BCUT2D eigenvalue weighted by molar-refractivity contribution is -0.132. The van der Waals surface area contributed by atoms with Gasteiger partial charge < -0.3 is 10.6 Å². The minimum Gasteiger partial charge on any atom is -0.399 e. The minimum absolute atomic E-state index is 0. The smallest absolute Gasteiger partial charge is 0.222 e. The quantitative estimate of drug-likeness (QED) is 0.789. The summed E-state index contributed by atoms with van der Waals surface area (Å²) < 4.78 is 0. The molecule has 26 heavy (non-hydrogen) atoms. The van der Waals surface area contributed by atoms with Gasteiger partial charge in [-0.1, -0.05) is 48.5 Å². The molecule has 1 amide bonds. The van der Waals surface area contributed by atoms with E-state index < -0.39 is 0 Å². The molecule has 0 aliphatic carbocycles. The molecule has 0 saturated carbocycles. The zero-order chi connectivity index (χ0) is 16.8. The second-order valence-corrected chi connectivity index (χ2v) is 6.34. The number of hydrogen-bond acceptors (Lipinski definition) is 3. The zero-order valence-corrected chi connectivity index (χ0v) is 16.5. The number of hydrogen-bond donors (Lipinski definition) is 1. The van der Waals surface area contributed by atoms with Crippen LogP contribution in [0.5, 0.6) is 0 Å². The van der Waals surface area contributed by atoms with Crippen molar-refractivity contribution in [1.29, 1.82) is 0 Å². The number of para-hydroxylation sites is 1. The molecule has 142 valence electrons. The number of amides is 1. The molecule has 1 aliphatic rings. The zero-order valence-electron chi connectivity index (χ0n) is 14.8. The van der Waals surface area contributed by atoms with Gasteiger partial charge in [-0.2, -0.15) is 0 Å². The molecule has 1 aliphatic heterocycles. The van der Waals surface area contributed by atoms with Gasteiger partial charge in [0, 0.05) is 44.8 Å². The van der Waals surface area contributed by atoms with E-state index in [-0.39, 0.29) is 30.7 Å². The van der Waals surface area contributed by atoms with Crippen molar-refractivity contribution in [3.05, 3.63) is 65.7 Å². The summed E-state index contributed by atoms with van der Waals surface area (Å²) in [6, 6.07) is 18.3. The number of benzene rings is 2. The van der Waals surface area contributed by atoms with Crippen molar-refractivity contribution < 1.29 is 4.79 Å². The topological polar surface area (TPSA) is 49.6 Å². The maximum Gasteiger partial charge on any atom is 0.222 e. The molecule has 0 aromatic heterocycles. The Hall–Kier alpha value is -1.75. The SMILES string of the molecule is Cl.Cl.Nc1ccccc1CCC(=O)N1CCN(Cc2ccccc2)CC1. The molecule has 6 heteroatoms. The maximum atomic E-state index is 12.4. The van der Waals surface area contributed by atoms with Crippen molar-refractivity contribution >= 4 is 36.4 Å². The highest BCUT2D eigenvalue weighted by atomic mass is 35.5. The van der Waals surface area contributed by atoms with Crippen molar-refractivity contribution in [3.63, 3.8) is 0 Å². The van der Waals surface area contributed by atoms with E-state index in [9.17, 15) is 4.79 Å². The van der Waals surface area contributed by atoms with E-state index in [0.717, 1.165) is 50.4 Å². The average molecular weight is 396 g/mol. The molecule has 4 nitrogen and oxygen atoms in total. The second kappa shape index (κ2) is 11.1. The summed E-state index contributed by atoms with van der Waals surface area (Å²) in [5, 5.41) is 0. The third kappa shape index (κ3) is 6.20. The van der Waals surface area contributed by atoms with Crippen LogP contribution in [-0.4, -0.2) is 41.9 Å². The number of aryl methyl sites for hydroxylation is 1. The van der Waals surface area contributed by atoms with Crippen LogP contribution in [-0.2, 0) is 17.8 Å². The van der Waals surface area contributed by atoms with Gasteiger partial charge in [0.1, 0.15) is 0 Å². The van der Waals surface area contributed by atoms with Gasteiger partial charge in [-0.25, -0.2) is 0 Å². The minimum atomic E-state index is 0. The Morgan fingerprint density at radius 2 is 1.50 bits per heavy atom. The van der Waals surface area contributed by atoms with E-state index in [4.69, 9.17) is 5.73 Å². The molecule has 2 aromatic rings. The van der Waals surface area contributed by atoms with Crippen LogP contribution in [0.1, 0.15) is 17.5 Å². The highest BCUT2D eigenvalue weighted by Crippen LogP contribution is 2.14. The summed E-state index contributed by atoms with van der Waals surface area (Å²) in [6.45, 7) is 4.47. The fourth-order valence-electron chi connectivity index (χ4n) is 3.16. The molecule has 2 aromatic carbocycles. The molecule has 0 atom stereocenters. The van der Waals surface area contributed by atoms with Gasteiger partial charge in [-0.15, -0.1) is 24.8 Å². The number of halogens is 2. The van der Waals surface area contributed by atoms with Gasteiger partial charge in [0.25, 0.3) is 0 Å². The van der Waals surface area contributed by atoms with Crippen molar-refractivity contribution in [3.8, 4) is 0 Å². The predicted molar refractivity (Wildman–Crippen MR) is 112 cm³/mol. The van der Waals surface area contributed by atoms with Crippen LogP contribution in [0.3, 0.4) is 0 Å². The van der Waals surface area contributed by atoms with Crippen LogP contribution in [0.2, 0.25) is 0 Å². The van der Waals surface area contributed by atoms with Gasteiger partial charge in [0.05, 0.1) is 0 Å². The first-order chi connectivity index (χ1) is 11.7. The van der Waals surface area contributed by atoms with Crippen LogP contribution in [0.4, 0.5) is 5.69 Å². The number of nitrogen functional groups attached to an aromatic ring is 1. The van der Waals surface area contributed by atoms with Crippen molar-refractivity contribution in [2.75, 3.05) is 31.9 Å². The molecule has 0 unspecified atom stereocenters. The Labute approximate surface area is 168 Å². The average Bonchev–Trinajstić information content (AvgIpc) is 2.62. The van der Waals surface area contributed by atoms with Gasteiger partial charge in [0.2, 0.25) is 5.91 Å².